The lowest BCUT2D eigenvalue weighted by molar-refractivity contribution is -0.120. The monoisotopic (exact) mass is 271 g/mol. The van der Waals surface area contributed by atoms with Crippen molar-refractivity contribution in [3.63, 3.8) is 0 Å². The molecule has 1 aliphatic heterocycles. The second kappa shape index (κ2) is 6.26. The number of thioether (sulfide) groups is 1. The van der Waals surface area contributed by atoms with Crippen LogP contribution in [0.4, 0.5) is 5.13 Å². The lowest BCUT2D eigenvalue weighted by Gasteiger charge is -2.21. The Kier molecular flexibility index (Phi) is 4.67. The van der Waals surface area contributed by atoms with Crippen molar-refractivity contribution in [3.8, 4) is 0 Å². The van der Waals surface area contributed by atoms with Gasteiger partial charge in [0.05, 0.1) is 12.1 Å². The Bertz CT molecular complexity index is 375. The molecule has 0 aromatic carbocycles. The van der Waals surface area contributed by atoms with Gasteiger partial charge in [0.15, 0.2) is 5.13 Å². The third kappa shape index (κ3) is 4.20. The van der Waals surface area contributed by atoms with Gasteiger partial charge in [-0.3, -0.25) is 4.79 Å². The van der Waals surface area contributed by atoms with Crippen molar-refractivity contribution in [2.75, 3.05) is 18.0 Å². The highest BCUT2D eigenvalue weighted by molar-refractivity contribution is 7.99. The number of carbonyl (C=O) groups is 1. The Morgan fingerprint density at radius 3 is 3.12 bits per heavy atom. The number of nitrogens with two attached hydrogens (primary N) is 1. The Hall–Kier alpha value is -0.750. The van der Waals surface area contributed by atoms with Crippen LogP contribution in [-0.2, 0) is 11.2 Å². The Labute approximate surface area is 109 Å². The van der Waals surface area contributed by atoms with Gasteiger partial charge in [0.1, 0.15) is 0 Å². The van der Waals surface area contributed by atoms with Crippen LogP contribution in [0.3, 0.4) is 0 Å². The summed E-state index contributed by atoms with van der Waals surface area (Å²) in [7, 11) is 0. The van der Waals surface area contributed by atoms with Gasteiger partial charge >= 0.3 is 0 Å². The molecule has 1 aliphatic rings. The second-order valence-electron chi connectivity index (χ2n) is 4.15. The fourth-order valence-corrected chi connectivity index (χ4v) is 3.63. The number of thiazole rings is 1. The molecule has 4 nitrogen and oxygen atoms in total. The molecule has 1 unspecified atom stereocenters. The molecule has 94 valence electrons. The van der Waals surface area contributed by atoms with E-state index in [1.807, 2.05) is 17.1 Å². The molecule has 17 heavy (non-hydrogen) atoms. The molecule has 6 heteroatoms. The molecule has 3 N–H and O–H groups in total. The van der Waals surface area contributed by atoms with Gasteiger partial charge in [-0.05, 0) is 18.6 Å². The van der Waals surface area contributed by atoms with Gasteiger partial charge in [0.25, 0.3) is 0 Å². The number of hydrogen-bond acceptors (Lipinski definition) is 5. The fourth-order valence-electron chi connectivity index (χ4n) is 1.83. The highest BCUT2D eigenvalue weighted by Crippen LogP contribution is 2.24. The molecule has 0 aliphatic carbocycles. The van der Waals surface area contributed by atoms with Crippen molar-refractivity contribution < 1.29 is 4.79 Å². The summed E-state index contributed by atoms with van der Waals surface area (Å²) in [4.78, 5) is 15.7. The Morgan fingerprint density at radius 1 is 1.59 bits per heavy atom. The summed E-state index contributed by atoms with van der Waals surface area (Å²) in [6.07, 6.45) is 4.16. The summed E-state index contributed by atoms with van der Waals surface area (Å²) in [5.74, 6) is 1.27. The topological polar surface area (TPSA) is 68.0 Å². The van der Waals surface area contributed by atoms with Gasteiger partial charge in [-0.25, -0.2) is 4.98 Å². The number of nitrogens with one attached hydrogen (secondary N) is 1. The van der Waals surface area contributed by atoms with Gasteiger partial charge in [0, 0.05) is 17.2 Å². The molecule has 1 amide bonds. The first-order valence-electron chi connectivity index (χ1n) is 5.82. The van der Waals surface area contributed by atoms with Crippen LogP contribution < -0.4 is 11.1 Å². The standard InChI is InChI=1S/C11H17N3OS2/c12-11-14-8(7-17-11)5-10(15)13-6-9-3-1-2-4-16-9/h7,9H,1-6H2,(H2,12,14)(H,13,15). The van der Waals surface area contributed by atoms with Crippen molar-refractivity contribution in [2.24, 2.45) is 0 Å². The van der Waals surface area contributed by atoms with E-state index in [-0.39, 0.29) is 5.91 Å². The lowest BCUT2D eigenvalue weighted by Crippen LogP contribution is -2.32. The van der Waals surface area contributed by atoms with E-state index in [1.165, 1.54) is 36.4 Å². The molecule has 0 spiro atoms. The van der Waals surface area contributed by atoms with E-state index in [0.29, 0.717) is 16.8 Å². The summed E-state index contributed by atoms with van der Waals surface area (Å²) in [6.45, 7) is 0.781. The van der Waals surface area contributed by atoms with Crippen LogP contribution >= 0.6 is 23.1 Å². The van der Waals surface area contributed by atoms with E-state index in [4.69, 9.17) is 5.73 Å². The summed E-state index contributed by atoms with van der Waals surface area (Å²) in [6, 6.07) is 0. The summed E-state index contributed by atoms with van der Waals surface area (Å²) < 4.78 is 0. The van der Waals surface area contributed by atoms with Gasteiger partial charge in [-0.1, -0.05) is 6.42 Å². The number of anilines is 1. The van der Waals surface area contributed by atoms with Crippen molar-refractivity contribution in [1.29, 1.82) is 0 Å². The predicted octanol–water partition coefficient (Wildman–Crippen LogP) is 1.67. The SMILES string of the molecule is Nc1nc(CC(=O)NCC2CCCCS2)cs1. The maximum absolute atomic E-state index is 11.7. The molecule has 1 fully saturated rings. The van der Waals surface area contributed by atoms with E-state index in [0.717, 1.165) is 12.2 Å². The van der Waals surface area contributed by atoms with Crippen LogP contribution in [0.15, 0.2) is 5.38 Å². The third-order valence-corrected chi connectivity index (χ3v) is 4.83. The van der Waals surface area contributed by atoms with Crippen LogP contribution in [0.1, 0.15) is 25.0 Å². The van der Waals surface area contributed by atoms with Crippen molar-refractivity contribution >= 4 is 34.1 Å². The van der Waals surface area contributed by atoms with Crippen LogP contribution in [0.2, 0.25) is 0 Å². The van der Waals surface area contributed by atoms with E-state index in [9.17, 15) is 4.79 Å². The molecule has 1 aromatic rings. The third-order valence-electron chi connectivity index (χ3n) is 2.71. The van der Waals surface area contributed by atoms with Crippen LogP contribution in [0.25, 0.3) is 0 Å². The zero-order valence-electron chi connectivity index (χ0n) is 9.65. The van der Waals surface area contributed by atoms with E-state index >= 15 is 0 Å². The minimum Gasteiger partial charge on any atom is -0.375 e. The van der Waals surface area contributed by atoms with Gasteiger partial charge < -0.3 is 11.1 Å². The van der Waals surface area contributed by atoms with Crippen molar-refractivity contribution in [1.82, 2.24) is 10.3 Å². The number of rotatable bonds is 4. The maximum Gasteiger partial charge on any atom is 0.226 e. The lowest BCUT2D eigenvalue weighted by atomic mass is 10.2. The molecule has 0 saturated carbocycles. The molecule has 2 heterocycles. The zero-order chi connectivity index (χ0) is 12.1. The molecule has 1 saturated heterocycles. The summed E-state index contributed by atoms with van der Waals surface area (Å²) in [5, 5.41) is 5.93. The first-order chi connectivity index (χ1) is 8.24. The van der Waals surface area contributed by atoms with Gasteiger partial charge in [0.2, 0.25) is 5.91 Å². The molecule has 0 radical (unpaired) electrons. The quantitative estimate of drug-likeness (QED) is 0.874. The minimum absolute atomic E-state index is 0.0430. The Balaban J connectivity index is 1.70. The highest BCUT2D eigenvalue weighted by Gasteiger charge is 2.15. The van der Waals surface area contributed by atoms with Crippen molar-refractivity contribution in [3.05, 3.63) is 11.1 Å². The van der Waals surface area contributed by atoms with E-state index < -0.39 is 0 Å². The van der Waals surface area contributed by atoms with Gasteiger partial charge in [-0.2, -0.15) is 11.8 Å². The van der Waals surface area contributed by atoms with E-state index in [1.54, 1.807) is 0 Å². The summed E-state index contributed by atoms with van der Waals surface area (Å²) in [5.41, 5.74) is 6.28. The number of aromatic nitrogens is 1. The normalized spacial score (nSPS) is 20.1. The van der Waals surface area contributed by atoms with Crippen molar-refractivity contribution in [2.45, 2.75) is 30.9 Å². The first-order valence-corrected chi connectivity index (χ1v) is 7.75. The number of nitrogens with zero attached hydrogens (tertiary/aromatic N) is 1. The predicted molar refractivity (Wildman–Crippen MR) is 73.3 cm³/mol. The number of hydrogen-bond donors (Lipinski definition) is 2. The summed E-state index contributed by atoms with van der Waals surface area (Å²) >= 11 is 3.34. The Morgan fingerprint density at radius 2 is 2.47 bits per heavy atom. The number of amides is 1. The molecular formula is C11H17N3OS2. The maximum atomic E-state index is 11.7. The molecule has 0 bridgehead atoms. The molecular weight excluding hydrogens is 254 g/mol. The van der Waals surface area contributed by atoms with E-state index in [2.05, 4.69) is 10.3 Å². The average molecular weight is 271 g/mol. The number of nitrogen functional groups attached to an aromatic ring is 1. The second-order valence-corrected chi connectivity index (χ2v) is 6.44. The molecule has 1 atom stereocenters. The number of carbonyl (C=O) groups excluding carboxylic acids is 1. The molecule has 2 rings (SSSR count). The largest absolute Gasteiger partial charge is 0.375 e. The fraction of sp³-hybridized carbons (Fsp3) is 0.636. The smallest absolute Gasteiger partial charge is 0.226 e. The minimum atomic E-state index is 0.0430. The zero-order valence-corrected chi connectivity index (χ0v) is 11.3. The van der Waals surface area contributed by atoms with Gasteiger partial charge in [-0.15, -0.1) is 11.3 Å². The van der Waals surface area contributed by atoms with Crippen LogP contribution in [0.5, 0.6) is 0 Å². The average Bonchev–Trinajstić information content (AvgIpc) is 2.73. The molecule has 1 aromatic heterocycles. The highest BCUT2D eigenvalue weighted by atomic mass is 32.2. The van der Waals surface area contributed by atoms with Crippen LogP contribution in [-0.4, -0.2) is 28.4 Å². The van der Waals surface area contributed by atoms with Crippen LogP contribution in [0, 0.1) is 0 Å². The first kappa shape index (κ1) is 12.7.